The molecule has 94 valence electrons. The van der Waals surface area contributed by atoms with Crippen molar-refractivity contribution < 1.29 is 4.74 Å². The lowest BCUT2D eigenvalue weighted by molar-refractivity contribution is 0.414. The van der Waals surface area contributed by atoms with Crippen molar-refractivity contribution in [3.8, 4) is 17.0 Å². The predicted octanol–water partition coefficient (Wildman–Crippen LogP) is 4.06. The van der Waals surface area contributed by atoms with Gasteiger partial charge in [0.25, 0.3) is 0 Å². The normalized spacial score (nSPS) is 12.5. The molecule has 0 saturated carbocycles. The Morgan fingerprint density at radius 1 is 1.11 bits per heavy atom. The summed E-state index contributed by atoms with van der Waals surface area (Å²) < 4.78 is 5.31. The largest absolute Gasteiger partial charge is 0.497 e. The molecule has 2 aromatic carbocycles. The van der Waals surface area contributed by atoms with Crippen LogP contribution in [-0.4, -0.2) is 12.1 Å². The molecule has 4 rings (SSSR count). The van der Waals surface area contributed by atoms with Crippen LogP contribution in [0.1, 0.15) is 16.7 Å². The van der Waals surface area contributed by atoms with Crippen molar-refractivity contribution in [2.75, 3.05) is 7.11 Å². The summed E-state index contributed by atoms with van der Waals surface area (Å²) >= 11 is 0. The van der Waals surface area contributed by atoms with Crippen molar-refractivity contribution >= 4 is 10.9 Å². The first-order valence-electron chi connectivity index (χ1n) is 6.55. The Labute approximate surface area is 112 Å². The first-order valence-corrected chi connectivity index (χ1v) is 6.55. The quantitative estimate of drug-likeness (QED) is 0.540. The molecule has 19 heavy (non-hydrogen) atoms. The maximum absolute atomic E-state index is 5.31. The standard InChI is InChI=1S/C17H15NO/c1-10-3-6-16-14(7-10)15-9-11-8-12(19-2)4-5-13(11)17(15)18-16/h3-8,18H,9H2,1-2H3. The summed E-state index contributed by atoms with van der Waals surface area (Å²) in [7, 11) is 1.72. The van der Waals surface area contributed by atoms with Gasteiger partial charge in [-0.05, 0) is 48.4 Å². The van der Waals surface area contributed by atoms with Gasteiger partial charge in [0, 0.05) is 22.9 Å². The average Bonchev–Trinajstić information content (AvgIpc) is 2.94. The predicted molar refractivity (Wildman–Crippen MR) is 77.8 cm³/mol. The molecular weight excluding hydrogens is 234 g/mol. The second-order valence-corrected chi connectivity index (χ2v) is 5.23. The number of rotatable bonds is 1. The maximum atomic E-state index is 5.31. The van der Waals surface area contributed by atoms with Crippen molar-refractivity contribution in [1.82, 2.24) is 4.98 Å². The third-order valence-electron chi connectivity index (χ3n) is 4.01. The molecular formula is C17H15NO. The molecule has 0 aliphatic heterocycles. The molecule has 0 amide bonds. The van der Waals surface area contributed by atoms with Crippen molar-refractivity contribution in [1.29, 1.82) is 0 Å². The zero-order chi connectivity index (χ0) is 13.0. The van der Waals surface area contributed by atoms with Crippen LogP contribution < -0.4 is 4.74 Å². The van der Waals surface area contributed by atoms with E-state index in [2.05, 4.69) is 42.2 Å². The van der Waals surface area contributed by atoms with E-state index in [0.717, 1.165) is 12.2 Å². The highest BCUT2D eigenvalue weighted by Crippen LogP contribution is 2.41. The number of hydrogen-bond acceptors (Lipinski definition) is 1. The smallest absolute Gasteiger partial charge is 0.119 e. The van der Waals surface area contributed by atoms with E-state index in [1.165, 1.54) is 38.9 Å². The Morgan fingerprint density at radius 2 is 2.00 bits per heavy atom. The zero-order valence-corrected chi connectivity index (χ0v) is 11.1. The van der Waals surface area contributed by atoms with Gasteiger partial charge in [-0.1, -0.05) is 11.6 Å². The molecule has 0 saturated heterocycles. The molecule has 0 spiro atoms. The number of fused-ring (bicyclic) bond motifs is 5. The molecule has 3 aromatic rings. The van der Waals surface area contributed by atoms with E-state index in [4.69, 9.17) is 4.74 Å². The van der Waals surface area contributed by atoms with Gasteiger partial charge >= 0.3 is 0 Å². The van der Waals surface area contributed by atoms with Crippen LogP contribution in [0.25, 0.3) is 22.2 Å². The average molecular weight is 249 g/mol. The second kappa shape index (κ2) is 3.64. The van der Waals surface area contributed by atoms with Crippen LogP contribution in [0, 0.1) is 6.92 Å². The van der Waals surface area contributed by atoms with E-state index in [9.17, 15) is 0 Å². The molecule has 1 N–H and O–H groups in total. The fourth-order valence-electron chi connectivity index (χ4n) is 3.05. The number of H-pyrrole nitrogens is 1. The highest BCUT2D eigenvalue weighted by Gasteiger charge is 2.23. The zero-order valence-electron chi connectivity index (χ0n) is 11.1. The van der Waals surface area contributed by atoms with E-state index in [-0.39, 0.29) is 0 Å². The molecule has 2 nitrogen and oxygen atoms in total. The molecule has 0 atom stereocenters. The molecule has 1 aliphatic carbocycles. The van der Waals surface area contributed by atoms with Crippen molar-refractivity contribution in [2.45, 2.75) is 13.3 Å². The number of aryl methyl sites for hydroxylation is 1. The SMILES string of the molecule is COc1ccc2c(c1)Cc1c-2[nH]c2ccc(C)cc12. The van der Waals surface area contributed by atoms with Gasteiger partial charge in [-0.25, -0.2) is 0 Å². The highest BCUT2D eigenvalue weighted by molar-refractivity contribution is 5.94. The van der Waals surface area contributed by atoms with Crippen molar-refractivity contribution in [3.63, 3.8) is 0 Å². The lowest BCUT2D eigenvalue weighted by Crippen LogP contribution is -1.87. The lowest BCUT2D eigenvalue weighted by Gasteiger charge is -2.04. The van der Waals surface area contributed by atoms with E-state index in [0.29, 0.717) is 0 Å². The van der Waals surface area contributed by atoms with Gasteiger partial charge < -0.3 is 9.72 Å². The van der Waals surface area contributed by atoms with Crippen LogP contribution in [0.4, 0.5) is 0 Å². The second-order valence-electron chi connectivity index (χ2n) is 5.23. The summed E-state index contributed by atoms with van der Waals surface area (Å²) in [6.45, 7) is 2.14. The van der Waals surface area contributed by atoms with Gasteiger partial charge in [0.15, 0.2) is 0 Å². The highest BCUT2D eigenvalue weighted by atomic mass is 16.5. The fraction of sp³-hybridized carbons (Fsp3) is 0.176. The van der Waals surface area contributed by atoms with Crippen LogP contribution in [-0.2, 0) is 6.42 Å². The van der Waals surface area contributed by atoms with Gasteiger partial charge in [0.2, 0.25) is 0 Å². The van der Waals surface area contributed by atoms with Crippen LogP contribution in [0.5, 0.6) is 5.75 Å². The minimum atomic E-state index is 0.935. The Morgan fingerprint density at radius 3 is 2.84 bits per heavy atom. The van der Waals surface area contributed by atoms with Crippen LogP contribution in [0.2, 0.25) is 0 Å². The number of benzene rings is 2. The molecule has 0 radical (unpaired) electrons. The lowest BCUT2D eigenvalue weighted by atomic mass is 10.1. The minimum absolute atomic E-state index is 0.935. The Balaban J connectivity index is 1.97. The van der Waals surface area contributed by atoms with E-state index in [1.807, 2.05) is 6.07 Å². The van der Waals surface area contributed by atoms with Gasteiger partial charge in [-0.15, -0.1) is 0 Å². The summed E-state index contributed by atoms with van der Waals surface area (Å²) in [4.78, 5) is 3.56. The van der Waals surface area contributed by atoms with Crippen LogP contribution >= 0.6 is 0 Å². The van der Waals surface area contributed by atoms with E-state index >= 15 is 0 Å². The number of hydrogen-bond donors (Lipinski definition) is 1. The van der Waals surface area contributed by atoms with Crippen molar-refractivity contribution in [2.24, 2.45) is 0 Å². The summed E-state index contributed by atoms with van der Waals surface area (Å²) in [5.74, 6) is 0.935. The topological polar surface area (TPSA) is 25.0 Å². The number of methoxy groups -OCH3 is 1. The van der Waals surface area contributed by atoms with Crippen molar-refractivity contribution in [3.05, 3.63) is 53.1 Å². The number of aromatic nitrogens is 1. The van der Waals surface area contributed by atoms with Crippen LogP contribution in [0.15, 0.2) is 36.4 Å². The molecule has 0 unspecified atom stereocenters. The number of aromatic amines is 1. The van der Waals surface area contributed by atoms with Gasteiger partial charge in [-0.2, -0.15) is 0 Å². The molecule has 1 heterocycles. The molecule has 1 aromatic heterocycles. The summed E-state index contributed by atoms with van der Waals surface area (Å²) in [5.41, 5.74) is 7.90. The van der Waals surface area contributed by atoms with E-state index in [1.54, 1.807) is 7.11 Å². The summed E-state index contributed by atoms with van der Waals surface area (Å²) in [6.07, 6.45) is 0.991. The maximum Gasteiger partial charge on any atom is 0.119 e. The first kappa shape index (κ1) is 10.7. The minimum Gasteiger partial charge on any atom is -0.497 e. The molecule has 1 aliphatic rings. The third-order valence-corrected chi connectivity index (χ3v) is 4.01. The monoisotopic (exact) mass is 249 g/mol. The summed E-state index contributed by atoms with van der Waals surface area (Å²) in [5, 5.41) is 1.35. The third kappa shape index (κ3) is 1.43. The first-order chi connectivity index (χ1) is 9.26. The van der Waals surface area contributed by atoms with Gasteiger partial charge in [0.1, 0.15) is 5.75 Å². The number of ether oxygens (including phenoxy) is 1. The Bertz CT molecular complexity index is 798. The summed E-state index contributed by atoms with van der Waals surface area (Å²) in [6, 6.07) is 12.9. The van der Waals surface area contributed by atoms with Gasteiger partial charge in [-0.3, -0.25) is 0 Å². The Kier molecular flexibility index (Phi) is 2.05. The fourth-order valence-corrected chi connectivity index (χ4v) is 3.05. The van der Waals surface area contributed by atoms with Crippen LogP contribution in [0.3, 0.4) is 0 Å². The number of nitrogens with one attached hydrogen (secondary N) is 1. The molecule has 0 bridgehead atoms. The molecule has 0 fully saturated rings. The molecule has 2 heteroatoms. The van der Waals surface area contributed by atoms with E-state index < -0.39 is 0 Å². The Hall–Kier alpha value is -2.22. The van der Waals surface area contributed by atoms with Gasteiger partial charge in [0.05, 0.1) is 12.8 Å².